The van der Waals surface area contributed by atoms with Crippen LogP contribution in [0.3, 0.4) is 0 Å². The summed E-state index contributed by atoms with van der Waals surface area (Å²) in [6, 6.07) is 0. The molecule has 0 rings (SSSR count). The van der Waals surface area contributed by atoms with Gasteiger partial charge in [-0.3, -0.25) is 4.89 Å². The summed E-state index contributed by atoms with van der Waals surface area (Å²) in [6.45, 7) is 9.14. The van der Waals surface area contributed by atoms with Crippen LogP contribution in [0.2, 0.25) is 0 Å². The van der Waals surface area contributed by atoms with E-state index in [0.717, 1.165) is 0 Å². The molecular weight excluding hydrogens is 160 g/mol. The molecule has 0 aliphatic heterocycles. The molecule has 0 radical (unpaired) electrons. The van der Waals surface area contributed by atoms with Gasteiger partial charge in [0.2, 0.25) is 0 Å². The first-order valence-corrected chi connectivity index (χ1v) is 3.56. The second-order valence-corrected chi connectivity index (χ2v) is 3.48. The van der Waals surface area contributed by atoms with Crippen molar-refractivity contribution in [3.63, 3.8) is 0 Å². The third kappa shape index (κ3) is 3.39. The van der Waals surface area contributed by atoms with Crippen LogP contribution < -0.4 is 0 Å². The van der Waals surface area contributed by atoms with Gasteiger partial charge in [-0.25, -0.2) is 4.79 Å². The molecule has 70 valence electrons. The number of rotatable bonds is 2. The molecule has 1 atom stereocenters. The quantitative estimate of drug-likeness (QED) is 0.302. The Hall–Kier alpha value is -1.03. The van der Waals surface area contributed by atoms with Gasteiger partial charge < -0.3 is 4.74 Å². The molecule has 0 aliphatic carbocycles. The Morgan fingerprint density at radius 3 is 2.33 bits per heavy atom. The molecule has 0 bridgehead atoms. The number of ether oxygens (including phenoxy) is 1. The molecule has 0 aromatic rings. The molecule has 4 nitrogen and oxygen atoms in total. The van der Waals surface area contributed by atoms with Crippen molar-refractivity contribution in [1.29, 1.82) is 0 Å². The number of carbonyl (C=O) groups excluding carboxylic acids is 1. The fourth-order valence-corrected chi connectivity index (χ4v) is 0.704. The summed E-state index contributed by atoms with van der Waals surface area (Å²) in [7, 11) is 0. The molecule has 4 heteroatoms. The number of hydrogen-bond donors (Lipinski definition) is 1. The predicted octanol–water partition coefficient (Wildman–Crippen LogP) is 2.21. The zero-order valence-electron chi connectivity index (χ0n) is 7.53. The number of carbonyl (C=O) groups is 1. The fraction of sp³-hybridized carbons (Fsp3) is 0.625. The van der Waals surface area contributed by atoms with Crippen LogP contribution in [0.1, 0.15) is 20.8 Å². The molecule has 0 aromatic carbocycles. The minimum absolute atomic E-state index is 0.254. The Morgan fingerprint density at radius 1 is 1.58 bits per heavy atom. The summed E-state index contributed by atoms with van der Waals surface area (Å²) in [5.41, 5.74) is -0.254. The molecular formula is C8H14O4. The van der Waals surface area contributed by atoms with Crippen LogP contribution in [0.5, 0.6) is 0 Å². The smallest absolute Gasteiger partial charge is 0.424 e. The number of hydrogen-bond acceptors (Lipinski definition) is 4. The Balaban J connectivity index is 4.19. The maximum Gasteiger partial charge on any atom is 0.540 e. The van der Waals surface area contributed by atoms with Crippen LogP contribution in [0, 0.1) is 5.41 Å². The Labute approximate surface area is 71.7 Å². The second kappa shape index (κ2) is 4.11. The zero-order chi connectivity index (χ0) is 9.78. The van der Waals surface area contributed by atoms with E-state index in [4.69, 9.17) is 5.26 Å². The Kier molecular flexibility index (Phi) is 3.76. The third-order valence-electron chi connectivity index (χ3n) is 1.37. The van der Waals surface area contributed by atoms with Gasteiger partial charge >= 0.3 is 6.16 Å². The predicted molar refractivity (Wildman–Crippen MR) is 43.6 cm³/mol. The maximum absolute atomic E-state index is 10.5. The van der Waals surface area contributed by atoms with Crippen molar-refractivity contribution in [3.8, 4) is 0 Å². The van der Waals surface area contributed by atoms with Gasteiger partial charge in [0, 0.05) is 5.41 Å². The van der Waals surface area contributed by atoms with Crippen molar-refractivity contribution < 1.29 is 19.7 Å². The highest BCUT2D eigenvalue weighted by Gasteiger charge is 2.26. The van der Waals surface area contributed by atoms with Crippen molar-refractivity contribution in [2.24, 2.45) is 5.41 Å². The average molecular weight is 174 g/mol. The van der Waals surface area contributed by atoms with E-state index < -0.39 is 12.3 Å². The summed E-state index contributed by atoms with van der Waals surface area (Å²) in [5, 5.41) is 7.94. The van der Waals surface area contributed by atoms with Gasteiger partial charge in [-0.1, -0.05) is 33.4 Å². The topological polar surface area (TPSA) is 55.8 Å². The summed E-state index contributed by atoms with van der Waals surface area (Å²) < 4.78 is 4.68. The lowest BCUT2D eigenvalue weighted by atomic mass is 9.89. The monoisotopic (exact) mass is 174 g/mol. The molecule has 0 amide bonds. The second-order valence-electron chi connectivity index (χ2n) is 3.48. The third-order valence-corrected chi connectivity index (χ3v) is 1.37. The van der Waals surface area contributed by atoms with E-state index in [9.17, 15) is 4.79 Å². The molecule has 0 aliphatic rings. The summed E-state index contributed by atoms with van der Waals surface area (Å²) in [6.07, 6.45) is -0.108. The van der Waals surface area contributed by atoms with Gasteiger partial charge in [-0.15, -0.1) is 0 Å². The van der Waals surface area contributed by atoms with Gasteiger partial charge in [-0.05, 0) is 0 Å². The van der Waals surface area contributed by atoms with Crippen LogP contribution >= 0.6 is 0 Å². The maximum atomic E-state index is 10.5. The molecule has 0 fully saturated rings. The largest absolute Gasteiger partial charge is 0.540 e. The minimum atomic E-state index is -1.12. The highest BCUT2D eigenvalue weighted by atomic mass is 17.1. The zero-order valence-corrected chi connectivity index (χ0v) is 7.53. The molecule has 1 unspecified atom stereocenters. The van der Waals surface area contributed by atoms with Crippen molar-refractivity contribution in [1.82, 2.24) is 0 Å². The van der Waals surface area contributed by atoms with E-state index in [1.165, 1.54) is 6.08 Å². The summed E-state index contributed by atoms with van der Waals surface area (Å²) >= 11 is 0. The van der Waals surface area contributed by atoms with E-state index in [0.29, 0.717) is 0 Å². The van der Waals surface area contributed by atoms with E-state index in [2.05, 4.69) is 16.2 Å². The first-order chi connectivity index (χ1) is 5.41. The molecule has 12 heavy (non-hydrogen) atoms. The molecule has 0 saturated carbocycles. The molecule has 0 spiro atoms. The normalized spacial score (nSPS) is 13.3. The average Bonchev–Trinajstić information content (AvgIpc) is 1.97. The molecule has 1 N–H and O–H groups in total. The fourth-order valence-electron chi connectivity index (χ4n) is 0.704. The van der Waals surface area contributed by atoms with Crippen molar-refractivity contribution in [3.05, 3.63) is 12.7 Å². The van der Waals surface area contributed by atoms with Gasteiger partial charge in [0.25, 0.3) is 0 Å². The van der Waals surface area contributed by atoms with Gasteiger partial charge in [-0.2, -0.15) is 5.26 Å². The minimum Gasteiger partial charge on any atom is -0.424 e. The first kappa shape index (κ1) is 11.0. The van der Waals surface area contributed by atoms with Crippen molar-refractivity contribution in [2.45, 2.75) is 26.9 Å². The lowest BCUT2D eigenvalue weighted by Gasteiger charge is -2.26. The van der Waals surface area contributed by atoms with Crippen LogP contribution in [0.25, 0.3) is 0 Å². The van der Waals surface area contributed by atoms with Crippen LogP contribution in [0.4, 0.5) is 4.79 Å². The first-order valence-electron chi connectivity index (χ1n) is 3.56. The van der Waals surface area contributed by atoms with Crippen molar-refractivity contribution in [2.75, 3.05) is 0 Å². The SMILES string of the molecule is C=CC(OC(=O)OO)C(C)(C)C. The van der Waals surface area contributed by atoms with Gasteiger partial charge in [0.1, 0.15) is 6.10 Å². The van der Waals surface area contributed by atoms with E-state index in [1.807, 2.05) is 20.8 Å². The lowest BCUT2D eigenvalue weighted by molar-refractivity contribution is -0.206. The van der Waals surface area contributed by atoms with E-state index in [-0.39, 0.29) is 5.41 Å². The molecule has 0 saturated heterocycles. The van der Waals surface area contributed by atoms with Crippen LogP contribution in [-0.4, -0.2) is 17.5 Å². The van der Waals surface area contributed by atoms with E-state index in [1.54, 1.807) is 0 Å². The Morgan fingerprint density at radius 2 is 2.08 bits per heavy atom. The molecule has 0 aromatic heterocycles. The van der Waals surface area contributed by atoms with Crippen LogP contribution in [-0.2, 0) is 9.62 Å². The summed E-state index contributed by atoms with van der Waals surface area (Å²) in [4.78, 5) is 13.9. The van der Waals surface area contributed by atoms with Crippen LogP contribution in [0.15, 0.2) is 12.7 Å². The summed E-state index contributed by atoms with van der Waals surface area (Å²) in [5.74, 6) is 0. The standard InChI is InChI=1S/C8H14O4/c1-5-6(8(2,3)4)11-7(9)12-10/h5-6,10H,1H2,2-4H3. The van der Waals surface area contributed by atoms with Gasteiger partial charge in [0.15, 0.2) is 0 Å². The Bertz CT molecular complexity index is 168. The highest BCUT2D eigenvalue weighted by molar-refractivity contribution is 5.59. The lowest BCUT2D eigenvalue weighted by Crippen LogP contribution is -2.29. The van der Waals surface area contributed by atoms with E-state index >= 15 is 0 Å². The highest BCUT2D eigenvalue weighted by Crippen LogP contribution is 2.23. The van der Waals surface area contributed by atoms with Gasteiger partial charge in [0.05, 0.1) is 0 Å². The molecule has 0 heterocycles. The van der Waals surface area contributed by atoms with Crippen molar-refractivity contribution >= 4 is 6.16 Å².